The number of benzene rings is 1. The van der Waals surface area contributed by atoms with E-state index in [1.807, 2.05) is 19.1 Å². The largest absolute Gasteiger partial charge is 0.494 e. The number of carbonyl (C=O) groups excluding carboxylic acids is 1. The van der Waals surface area contributed by atoms with Crippen LogP contribution in [0.1, 0.15) is 30.1 Å². The molecule has 2 bridgehead atoms. The summed E-state index contributed by atoms with van der Waals surface area (Å²) in [6.45, 7) is 5.88. The lowest BCUT2D eigenvalue weighted by Crippen LogP contribution is -2.59. The molecule has 3 fully saturated rings. The number of hydrogen-bond donors (Lipinski definition) is 2. The van der Waals surface area contributed by atoms with Gasteiger partial charge in [-0.2, -0.15) is 0 Å². The molecule has 1 aromatic rings. The van der Waals surface area contributed by atoms with E-state index in [2.05, 4.69) is 15.5 Å². The smallest absolute Gasteiger partial charge is 0.257 e. The van der Waals surface area contributed by atoms with E-state index in [-0.39, 0.29) is 5.91 Å². The summed E-state index contributed by atoms with van der Waals surface area (Å²) in [5.74, 6) is 1.15. The van der Waals surface area contributed by atoms with Crippen molar-refractivity contribution >= 4 is 23.2 Å². The number of rotatable bonds is 4. The minimum atomic E-state index is -0.203. The minimum Gasteiger partial charge on any atom is -0.494 e. The van der Waals surface area contributed by atoms with E-state index in [9.17, 15) is 4.79 Å². The number of ether oxygens (including phenoxy) is 1. The quantitative estimate of drug-likeness (QED) is 0.823. The summed E-state index contributed by atoms with van der Waals surface area (Å²) in [5, 5.41) is 6.51. The maximum Gasteiger partial charge on any atom is 0.257 e. The molecule has 3 aliphatic heterocycles. The average molecular weight is 333 g/mol. The standard InChI is InChI=1S/C17H23N3O2S/c1-2-22-14-5-3-4-13(10-14)16(21)19-17(23)18-15-11-20-8-6-12(15)7-9-20/h3-5,10,12,15H,2,6-9,11H2,1H3,(H2,18,19,21,23). The number of nitrogens with one attached hydrogen (secondary N) is 2. The first-order valence-electron chi connectivity index (χ1n) is 8.22. The minimum absolute atomic E-state index is 0.203. The van der Waals surface area contributed by atoms with Crippen LogP contribution in [0.15, 0.2) is 24.3 Å². The monoisotopic (exact) mass is 333 g/mol. The Balaban J connectivity index is 1.55. The third-order valence-electron chi connectivity index (χ3n) is 4.61. The van der Waals surface area contributed by atoms with Gasteiger partial charge >= 0.3 is 0 Å². The van der Waals surface area contributed by atoms with E-state index >= 15 is 0 Å². The Hall–Kier alpha value is -1.66. The van der Waals surface area contributed by atoms with Gasteiger partial charge in [0.2, 0.25) is 0 Å². The van der Waals surface area contributed by atoms with Gasteiger partial charge < -0.3 is 15.0 Å². The molecule has 1 amide bonds. The van der Waals surface area contributed by atoms with Gasteiger partial charge in [-0.15, -0.1) is 0 Å². The van der Waals surface area contributed by atoms with E-state index < -0.39 is 0 Å². The van der Waals surface area contributed by atoms with Gasteiger partial charge in [-0.3, -0.25) is 10.1 Å². The highest BCUT2D eigenvalue weighted by Crippen LogP contribution is 2.27. The molecule has 3 saturated heterocycles. The molecule has 1 unspecified atom stereocenters. The van der Waals surface area contributed by atoms with E-state index in [1.54, 1.807) is 12.1 Å². The summed E-state index contributed by atoms with van der Waals surface area (Å²) in [5.41, 5.74) is 0.550. The van der Waals surface area contributed by atoms with Crippen molar-refractivity contribution in [1.82, 2.24) is 15.5 Å². The van der Waals surface area contributed by atoms with Crippen LogP contribution in [0.3, 0.4) is 0 Å². The van der Waals surface area contributed by atoms with Crippen molar-refractivity contribution in [3.05, 3.63) is 29.8 Å². The van der Waals surface area contributed by atoms with Gasteiger partial charge in [0.05, 0.1) is 6.61 Å². The zero-order chi connectivity index (χ0) is 16.2. The van der Waals surface area contributed by atoms with Crippen LogP contribution in [-0.2, 0) is 0 Å². The highest BCUT2D eigenvalue weighted by molar-refractivity contribution is 7.80. The van der Waals surface area contributed by atoms with Gasteiger partial charge in [-0.05, 0) is 69.2 Å². The summed E-state index contributed by atoms with van der Waals surface area (Å²) in [4.78, 5) is 14.8. The first kappa shape index (κ1) is 16.2. The van der Waals surface area contributed by atoms with Gasteiger partial charge in [0.25, 0.3) is 5.91 Å². The molecule has 3 heterocycles. The van der Waals surface area contributed by atoms with Crippen LogP contribution >= 0.6 is 12.2 Å². The van der Waals surface area contributed by atoms with E-state index in [0.717, 1.165) is 6.54 Å². The maximum atomic E-state index is 12.3. The number of nitrogens with zero attached hydrogens (tertiary/aromatic N) is 1. The normalized spacial score (nSPS) is 25.7. The molecule has 3 aliphatic rings. The zero-order valence-corrected chi connectivity index (χ0v) is 14.2. The van der Waals surface area contributed by atoms with Crippen molar-refractivity contribution in [2.75, 3.05) is 26.2 Å². The van der Waals surface area contributed by atoms with Crippen molar-refractivity contribution in [2.24, 2.45) is 5.92 Å². The Morgan fingerprint density at radius 3 is 2.83 bits per heavy atom. The molecule has 2 N–H and O–H groups in total. The molecule has 0 saturated carbocycles. The van der Waals surface area contributed by atoms with E-state index in [4.69, 9.17) is 17.0 Å². The van der Waals surface area contributed by atoms with Crippen molar-refractivity contribution < 1.29 is 9.53 Å². The molecule has 1 aromatic carbocycles. The number of amides is 1. The Morgan fingerprint density at radius 1 is 1.39 bits per heavy atom. The van der Waals surface area contributed by atoms with Gasteiger partial charge in [-0.1, -0.05) is 6.07 Å². The summed E-state index contributed by atoms with van der Waals surface area (Å²) in [6, 6.07) is 7.48. The lowest BCUT2D eigenvalue weighted by atomic mass is 9.84. The lowest BCUT2D eigenvalue weighted by Gasteiger charge is -2.45. The third-order valence-corrected chi connectivity index (χ3v) is 4.83. The topological polar surface area (TPSA) is 53.6 Å². The molecule has 0 aliphatic carbocycles. The molecule has 124 valence electrons. The third kappa shape index (κ3) is 4.00. The molecule has 4 rings (SSSR count). The SMILES string of the molecule is CCOc1cccc(C(=O)NC(=S)NC2CN3CCC2CC3)c1. The molecule has 6 heteroatoms. The highest BCUT2D eigenvalue weighted by Gasteiger charge is 2.34. The number of hydrogen-bond acceptors (Lipinski definition) is 4. The van der Waals surface area contributed by atoms with Gasteiger partial charge in [0.15, 0.2) is 5.11 Å². The Bertz CT molecular complexity index is 585. The zero-order valence-electron chi connectivity index (χ0n) is 13.4. The summed E-state index contributed by atoms with van der Waals surface area (Å²) >= 11 is 5.32. The van der Waals surface area contributed by atoms with E-state index in [1.165, 1.54) is 25.9 Å². The predicted molar refractivity (Wildman–Crippen MR) is 93.8 cm³/mol. The average Bonchev–Trinajstić information content (AvgIpc) is 2.56. The van der Waals surface area contributed by atoms with Crippen LogP contribution in [0.2, 0.25) is 0 Å². The van der Waals surface area contributed by atoms with Crippen molar-refractivity contribution in [1.29, 1.82) is 0 Å². The molecule has 0 radical (unpaired) electrons. The second-order valence-electron chi connectivity index (χ2n) is 6.13. The molecular formula is C17H23N3O2S. The fourth-order valence-corrected chi connectivity index (χ4v) is 3.65. The Kier molecular flexibility index (Phi) is 5.13. The highest BCUT2D eigenvalue weighted by atomic mass is 32.1. The van der Waals surface area contributed by atoms with Crippen LogP contribution < -0.4 is 15.4 Å². The van der Waals surface area contributed by atoms with Crippen molar-refractivity contribution in [3.63, 3.8) is 0 Å². The lowest BCUT2D eigenvalue weighted by molar-refractivity contribution is 0.0807. The van der Waals surface area contributed by atoms with Crippen LogP contribution in [0.4, 0.5) is 0 Å². The number of fused-ring (bicyclic) bond motifs is 3. The number of carbonyl (C=O) groups is 1. The molecule has 0 aromatic heterocycles. The summed E-state index contributed by atoms with van der Waals surface area (Å²) < 4.78 is 5.42. The van der Waals surface area contributed by atoms with E-state index in [0.29, 0.717) is 35.0 Å². The molecule has 5 nitrogen and oxygen atoms in total. The van der Waals surface area contributed by atoms with Crippen LogP contribution in [-0.4, -0.2) is 48.2 Å². The fourth-order valence-electron chi connectivity index (χ4n) is 3.40. The number of piperidine rings is 3. The predicted octanol–water partition coefficient (Wildman–Crippen LogP) is 1.78. The molecular weight excluding hydrogens is 310 g/mol. The van der Waals surface area contributed by atoms with Crippen LogP contribution in [0.25, 0.3) is 0 Å². The maximum absolute atomic E-state index is 12.3. The fraction of sp³-hybridized carbons (Fsp3) is 0.529. The number of thiocarbonyl (C=S) groups is 1. The summed E-state index contributed by atoms with van der Waals surface area (Å²) in [6.07, 6.45) is 2.43. The van der Waals surface area contributed by atoms with Crippen molar-refractivity contribution in [2.45, 2.75) is 25.8 Å². The summed E-state index contributed by atoms with van der Waals surface area (Å²) in [7, 11) is 0. The second kappa shape index (κ2) is 7.27. The Morgan fingerprint density at radius 2 is 2.17 bits per heavy atom. The van der Waals surface area contributed by atoms with Crippen LogP contribution in [0.5, 0.6) is 5.75 Å². The Labute approximate surface area is 142 Å². The van der Waals surface area contributed by atoms with Gasteiger partial charge in [-0.25, -0.2) is 0 Å². The molecule has 1 atom stereocenters. The van der Waals surface area contributed by atoms with Crippen LogP contribution in [0, 0.1) is 5.92 Å². The first-order valence-corrected chi connectivity index (χ1v) is 8.63. The van der Waals surface area contributed by atoms with Gasteiger partial charge in [0.1, 0.15) is 5.75 Å². The second-order valence-corrected chi connectivity index (χ2v) is 6.54. The van der Waals surface area contributed by atoms with Gasteiger partial charge in [0, 0.05) is 18.2 Å². The molecule has 23 heavy (non-hydrogen) atoms. The first-order chi connectivity index (χ1) is 11.2. The molecule has 0 spiro atoms. The van der Waals surface area contributed by atoms with Crippen molar-refractivity contribution in [3.8, 4) is 5.75 Å².